The van der Waals surface area contributed by atoms with E-state index in [1.54, 1.807) is 0 Å². The molecule has 1 unspecified atom stereocenters. The summed E-state index contributed by atoms with van der Waals surface area (Å²) in [5.41, 5.74) is 0. The van der Waals surface area contributed by atoms with Crippen molar-refractivity contribution in [2.45, 2.75) is 399 Å². The highest BCUT2D eigenvalue weighted by atomic mass is 16.6. The Bertz CT molecular complexity index is 1320. The number of allylic oxidation sites excluding steroid dienone is 6. The molecule has 0 aliphatic heterocycles. The number of hydrogen-bond acceptors (Lipinski definition) is 6. The Morgan fingerprint density at radius 3 is 0.709 bits per heavy atom. The van der Waals surface area contributed by atoms with Crippen LogP contribution in [-0.4, -0.2) is 37.2 Å². The van der Waals surface area contributed by atoms with E-state index in [4.69, 9.17) is 14.2 Å². The molecule has 0 aliphatic carbocycles. The van der Waals surface area contributed by atoms with Gasteiger partial charge in [0.15, 0.2) is 6.10 Å². The summed E-state index contributed by atoms with van der Waals surface area (Å²) >= 11 is 0. The lowest BCUT2D eigenvalue weighted by atomic mass is 10.0. The van der Waals surface area contributed by atoms with E-state index in [1.807, 2.05) is 0 Å². The number of ether oxygens (including phenoxy) is 3. The van der Waals surface area contributed by atoms with Crippen molar-refractivity contribution in [1.29, 1.82) is 0 Å². The summed E-state index contributed by atoms with van der Waals surface area (Å²) in [6, 6.07) is 0. The molecule has 0 rings (SSSR count). The van der Waals surface area contributed by atoms with Crippen LogP contribution in [0.15, 0.2) is 36.5 Å². The molecule has 0 saturated heterocycles. The molecule has 0 bridgehead atoms. The molecule has 1 atom stereocenters. The quantitative estimate of drug-likeness (QED) is 0.0261. The minimum atomic E-state index is -0.772. The van der Waals surface area contributed by atoms with Crippen molar-refractivity contribution in [3.8, 4) is 0 Å². The normalized spacial score (nSPS) is 12.2. The largest absolute Gasteiger partial charge is 0.462 e. The summed E-state index contributed by atoms with van der Waals surface area (Å²) in [5, 5.41) is 0. The zero-order valence-electron chi connectivity index (χ0n) is 53.4. The van der Waals surface area contributed by atoms with Gasteiger partial charge >= 0.3 is 17.9 Å². The maximum atomic E-state index is 12.9. The van der Waals surface area contributed by atoms with E-state index in [9.17, 15) is 14.4 Å². The second kappa shape index (κ2) is 68.1. The predicted octanol–water partition coefficient (Wildman–Crippen LogP) is 24.3. The van der Waals surface area contributed by atoms with Gasteiger partial charge in [-0.05, 0) is 77.0 Å². The van der Waals surface area contributed by atoms with Gasteiger partial charge in [-0.15, -0.1) is 0 Å². The number of rotatable bonds is 66. The number of carbonyl (C=O) groups excluding carboxylic acids is 3. The molecule has 0 fully saturated rings. The van der Waals surface area contributed by atoms with E-state index in [-0.39, 0.29) is 31.1 Å². The van der Waals surface area contributed by atoms with Crippen LogP contribution in [0.1, 0.15) is 393 Å². The zero-order chi connectivity index (χ0) is 57.1. The smallest absolute Gasteiger partial charge is 0.306 e. The average Bonchev–Trinajstić information content (AvgIpc) is 3.45. The highest BCUT2D eigenvalue weighted by Crippen LogP contribution is 2.18. The van der Waals surface area contributed by atoms with Crippen molar-refractivity contribution in [2.24, 2.45) is 0 Å². The summed E-state index contributed by atoms with van der Waals surface area (Å²) in [6.07, 6.45) is 84.7. The second-order valence-corrected chi connectivity index (χ2v) is 24.1. The SMILES string of the molecule is CCCCCCC/C=C\C/C=C\CCCCCCCCCCCCCCCCCCCCCCCC(=O)OCC(COC(=O)CCCCCCCCCCCCCC)OC(=O)CCCCCCC/C=C\CCCCCCCCC. The highest BCUT2D eigenvalue weighted by molar-refractivity contribution is 5.71. The van der Waals surface area contributed by atoms with Gasteiger partial charge < -0.3 is 14.2 Å². The standard InChI is InChI=1S/C73H136O6/c1-4-7-10-13-16-19-22-25-27-29-30-31-32-33-34-35-36-37-38-39-40-41-42-43-44-45-47-48-51-54-57-60-63-66-72(75)78-69-70(68-77-71(74)65-62-59-56-53-50-24-21-18-15-12-9-6-3)79-73(76)67-64-61-58-55-52-49-46-28-26-23-20-17-14-11-8-5-2/h22,25,28-30,46,70H,4-21,23-24,26-27,31-45,47-69H2,1-3H3/b25-22-,30-29-,46-28-. The topological polar surface area (TPSA) is 78.9 Å². The van der Waals surface area contributed by atoms with Crippen LogP contribution in [0, 0.1) is 0 Å². The first-order valence-electron chi connectivity index (χ1n) is 35.5. The van der Waals surface area contributed by atoms with Gasteiger partial charge in [-0.3, -0.25) is 14.4 Å². The third-order valence-electron chi connectivity index (χ3n) is 16.1. The van der Waals surface area contributed by atoms with Crippen molar-refractivity contribution in [2.75, 3.05) is 13.2 Å². The molecule has 464 valence electrons. The first kappa shape index (κ1) is 76.6. The van der Waals surface area contributed by atoms with Crippen LogP contribution < -0.4 is 0 Å². The average molecular weight is 1110 g/mol. The molecule has 0 aliphatic rings. The second-order valence-electron chi connectivity index (χ2n) is 24.1. The predicted molar refractivity (Wildman–Crippen MR) is 344 cm³/mol. The van der Waals surface area contributed by atoms with Crippen molar-refractivity contribution in [3.05, 3.63) is 36.5 Å². The fraction of sp³-hybridized carbons (Fsp3) is 0.877. The molecule has 0 radical (unpaired) electrons. The molecule has 0 aromatic heterocycles. The van der Waals surface area contributed by atoms with Gasteiger partial charge in [0.1, 0.15) is 13.2 Å². The third-order valence-corrected chi connectivity index (χ3v) is 16.1. The van der Waals surface area contributed by atoms with E-state index < -0.39 is 6.10 Å². The monoisotopic (exact) mass is 1110 g/mol. The van der Waals surface area contributed by atoms with E-state index >= 15 is 0 Å². The number of hydrogen-bond donors (Lipinski definition) is 0. The Morgan fingerprint density at radius 1 is 0.253 bits per heavy atom. The van der Waals surface area contributed by atoms with Gasteiger partial charge in [0.2, 0.25) is 0 Å². The van der Waals surface area contributed by atoms with Gasteiger partial charge in [0.25, 0.3) is 0 Å². The summed E-state index contributed by atoms with van der Waals surface area (Å²) in [5.74, 6) is -0.850. The third kappa shape index (κ3) is 66.3. The van der Waals surface area contributed by atoms with Gasteiger partial charge in [0.05, 0.1) is 0 Å². The van der Waals surface area contributed by atoms with Crippen molar-refractivity contribution in [1.82, 2.24) is 0 Å². The first-order chi connectivity index (χ1) is 39.0. The summed E-state index contributed by atoms with van der Waals surface area (Å²) in [4.78, 5) is 38.3. The summed E-state index contributed by atoms with van der Waals surface area (Å²) in [6.45, 7) is 6.68. The molecule has 0 saturated carbocycles. The van der Waals surface area contributed by atoms with E-state index in [2.05, 4.69) is 57.2 Å². The van der Waals surface area contributed by atoms with Crippen LogP contribution in [0.2, 0.25) is 0 Å². The van der Waals surface area contributed by atoms with Crippen LogP contribution >= 0.6 is 0 Å². The lowest BCUT2D eigenvalue weighted by Gasteiger charge is -2.18. The molecule has 0 amide bonds. The lowest BCUT2D eigenvalue weighted by molar-refractivity contribution is -0.167. The molecule has 0 aromatic carbocycles. The molecule has 79 heavy (non-hydrogen) atoms. The zero-order valence-corrected chi connectivity index (χ0v) is 53.4. The Kier molecular flexibility index (Phi) is 66.1. The van der Waals surface area contributed by atoms with Crippen LogP contribution in [0.25, 0.3) is 0 Å². The Balaban J connectivity index is 4.08. The van der Waals surface area contributed by atoms with E-state index in [0.717, 1.165) is 70.6 Å². The molecule has 6 nitrogen and oxygen atoms in total. The maximum Gasteiger partial charge on any atom is 0.306 e. The van der Waals surface area contributed by atoms with Crippen molar-refractivity contribution < 1.29 is 28.6 Å². The molecule has 0 spiro atoms. The Morgan fingerprint density at radius 2 is 0.456 bits per heavy atom. The molecule has 0 aromatic rings. The van der Waals surface area contributed by atoms with E-state index in [1.165, 1.54) is 283 Å². The fourth-order valence-corrected chi connectivity index (χ4v) is 10.8. The van der Waals surface area contributed by atoms with Gasteiger partial charge in [-0.1, -0.05) is 333 Å². The molecular weight excluding hydrogens is 973 g/mol. The van der Waals surface area contributed by atoms with Gasteiger partial charge in [-0.25, -0.2) is 0 Å². The maximum absolute atomic E-state index is 12.9. The van der Waals surface area contributed by atoms with Crippen molar-refractivity contribution >= 4 is 17.9 Å². The van der Waals surface area contributed by atoms with E-state index in [0.29, 0.717) is 19.3 Å². The Hall–Kier alpha value is -2.37. The summed E-state index contributed by atoms with van der Waals surface area (Å²) in [7, 11) is 0. The highest BCUT2D eigenvalue weighted by Gasteiger charge is 2.19. The van der Waals surface area contributed by atoms with Crippen LogP contribution in [0.5, 0.6) is 0 Å². The summed E-state index contributed by atoms with van der Waals surface area (Å²) < 4.78 is 16.9. The molecule has 0 heterocycles. The van der Waals surface area contributed by atoms with Gasteiger partial charge in [-0.2, -0.15) is 0 Å². The lowest BCUT2D eigenvalue weighted by Crippen LogP contribution is -2.30. The van der Waals surface area contributed by atoms with Crippen molar-refractivity contribution in [3.63, 3.8) is 0 Å². The number of esters is 3. The molecule has 6 heteroatoms. The minimum absolute atomic E-state index is 0.0693. The minimum Gasteiger partial charge on any atom is -0.462 e. The van der Waals surface area contributed by atoms with Crippen LogP contribution in [0.3, 0.4) is 0 Å². The fourth-order valence-electron chi connectivity index (χ4n) is 10.8. The van der Waals surface area contributed by atoms with Crippen LogP contribution in [0.4, 0.5) is 0 Å². The molecular formula is C73H136O6. The van der Waals surface area contributed by atoms with Crippen LogP contribution in [-0.2, 0) is 28.6 Å². The first-order valence-corrected chi connectivity index (χ1v) is 35.5. The number of carbonyl (C=O) groups is 3. The number of unbranched alkanes of at least 4 members (excludes halogenated alkanes) is 49. The van der Waals surface area contributed by atoms with Gasteiger partial charge in [0, 0.05) is 19.3 Å². The molecule has 0 N–H and O–H groups in total. The Labute approximate surface area is 493 Å².